The molecule has 0 radical (unpaired) electrons. The van der Waals surface area contributed by atoms with Crippen molar-refractivity contribution in [2.45, 2.75) is 131 Å². The summed E-state index contributed by atoms with van der Waals surface area (Å²) >= 11 is 0. The van der Waals surface area contributed by atoms with Crippen LogP contribution in [0.1, 0.15) is 146 Å². The van der Waals surface area contributed by atoms with Gasteiger partial charge in [0.2, 0.25) is 0 Å². The standard InChI is InChI=1S/C48H64O8/c1-5-9-13-53-45-37-17-33(29-49)18-38(45)26-40-20-35(31-51)22-42(47(40)55-15-11-7-3)28-44-24-36(32-52)23-43(48(44)56-16-12-8-4)27-41-21-34(30-50)19-39(25-37)46(41)54-14-10-6-2/h17-24,49-52H,5-16,25-32H2,1-4H3. The Kier molecular flexibility index (Phi) is 16.9. The van der Waals surface area contributed by atoms with Gasteiger partial charge in [-0.05, 0) is 141 Å². The van der Waals surface area contributed by atoms with Gasteiger partial charge in [0.15, 0.2) is 0 Å². The van der Waals surface area contributed by atoms with Crippen LogP contribution in [0.4, 0.5) is 0 Å². The zero-order valence-electron chi connectivity index (χ0n) is 34.2. The highest BCUT2D eigenvalue weighted by atomic mass is 16.5. The molecule has 0 saturated heterocycles. The number of aliphatic hydroxyl groups excluding tert-OH is 4. The van der Waals surface area contributed by atoms with Gasteiger partial charge in [0, 0.05) is 25.7 Å². The van der Waals surface area contributed by atoms with Crippen LogP contribution < -0.4 is 18.9 Å². The first-order chi connectivity index (χ1) is 27.4. The number of hydrogen-bond donors (Lipinski definition) is 4. The van der Waals surface area contributed by atoms with Crippen molar-refractivity contribution in [2.24, 2.45) is 0 Å². The summed E-state index contributed by atoms with van der Waals surface area (Å²) < 4.78 is 26.8. The van der Waals surface area contributed by atoms with Crippen LogP contribution in [-0.4, -0.2) is 46.9 Å². The smallest absolute Gasteiger partial charge is 0.126 e. The number of unbranched alkanes of at least 4 members (excludes halogenated alkanes) is 4. The number of benzene rings is 4. The monoisotopic (exact) mass is 768 g/mol. The molecular weight excluding hydrogens is 705 g/mol. The largest absolute Gasteiger partial charge is 0.493 e. The van der Waals surface area contributed by atoms with E-state index in [1.807, 2.05) is 48.5 Å². The van der Waals surface area contributed by atoms with Crippen LogP contribution in [0, 0.1) is 0 Å². The molecule has 8 heteroatoms. The van der Waals surface area contributed by atoms with Gasteiger partial charge in [-0.15, -0.1) is 0 Å². The Morgan fingerprint density at radius 2 is 0.518 bits per heavy atom. The van der Waals surface area contributed by atoms with E-state index in [1.54, 1.807) is 0 Å². The van der Waals surface area contributed by atoms with Crippen molar-refractivity contribution in [3.8, 4) is 23.0 Å². The Labute approximate surface area is 334 Å². The summed E-state index contributed by atoms with van der Waals surface area (Å²) in [6, 6.07) is 16.2. The number of fused-ring (bicyclic) bond motifs is 8. The van der Waals surface area contributed by atoms with Gasteiger partial charge >= 0.3 is 0 Å². The Morgan fingerprint density at radius 1 is 0.339 bits per heavy atom. The molecule has 4 N–H and O–H groups in total. The lowest BCUT2D eigenvalue weighted by Crippen LogP contribution is -2.12. The zero-order valence-corrected chi connectivity index (χ0v) is 34.2. The third-order valence-corrected chi connectivity index (χ3v) is 10.4. The van der Waals surface area contributed by atoms with Gasteiger partial charge in [-0.1, -0.05) is 53.4 Å². The number of ether oxygens (including phenoxy) is 4. The maximum Gasteiger partial charge on any atom is 0.126 e. The summed E-state index contributed by atoms with van der Waals surface area (Å²) in [6.07, 6.45) is 9.30. The maximum absolute atomic E-state index is 10.6. The highest BCUT2D eigenvalue weighted by molar-refractivity contribution is 5.58. The van der Waals surface area contributed by atoms with E-state index >= 15 is 0 Å². The molecule has 5 rings (SSSR count). The lowest BCUT2D eigenvalue weighted by atomic mass is 9.88. The van der Waals surface area contributed by atoms with Gasteiger partial charge < -0.3 is 39.4 Å². The molecule has 0 atom stereocenters. The normalized spacial score (nSPS) is 12.4. The van der Waals surface area contributed by atoms with Gasteiger partial charge in [-0.25, -0.2) is 0 Å². The first-order valence-electron chi connectivity index (χ1n) is 20.9. The van der Waals surface area contributed by atoms with Crippen molar-refractivity contribution < 1.29 is 39.4 Å². The third kappa shape index (κ3) is 11.1. The lowest BCUT2D eigenvalue weighted by molar-refractivity contribution is 0.279. The molecule has 4 aromatic carbocycles. The number of hydrogen-bond acceptors (Lipinski definition) is 8. The van der Waals surface area contributed by atoms with Crippen LogP contribution in [0.5, 0.6) is 23.0 Å². The average Bonchev–Trinajstić information content (AvgIpc) is 3.20. The minimum absolute atomic E-state index is 0.137. The van der Waals surface area contributed by atoms with Crippen molar-refractivity contribution in [3.05, 3.63) is 115 Å². The third-order valence-electron chi connectivity index (χ3n) is 10.4. The molecule has 0 heterocycles. The average molecular weight is 769 g/mol. The van der Waals surface area contributed by atoms with Gasteiger partial charge in [-0.3, -0.25) is 0 Å². The SMILES string of the molecule is CCCCOc1c2cc(CO)cc1Cc1cc(CO)cc(c1OCCCC)Cc1cc(CO)cc(c1OCCCC)Cc1cc(CO)cc(c1OCCCC)C2. The van der Waals surface area contributed by atoms with E-state index in [2.05, 4.69) is 27.7 Å². The quantitative estimate of drug-likeness (QED) is 0.0580. The molecule has 0 fully saturated rings. The first kappa shape index (κ1) is 43.1. The molecule has 1 aliphatic rings. The van der Waals surface area contributed by atoms with Crippen LogP contribution in [0.15, 0.2) is 48.5 Å². The van der Waals surface area contributed by atoms with E-state index in [-0.39, 0.29) is 26.4 Å². The Balaban J connectivity index is 1.87. The van der Waals surface area contributed by atoms with E-state index < -0.39 is 0 Å². The molecule has 0 amide bonds. The van der Waals surface area contributed by atoms with Crippen LogP contribution in [0.25, 0.3) is 0 Å². The zero-order chi connectivity index (χ0) is 39.9. The molecule has 0 aromatic heterocycles. The summed E-state index contributed by atoms with van der Waals surface area (Å²) in [5.41, 5.74) is 10.5. The maximum atomic E-state index is 10.6. The summed E-state index contributed by atoms with van der Waals surface area (Å²) in [4.78, 5) is 0. The van der Waals surface area contributed by atoms with Crippen LogP contribution in [0.2, 0.25) is 0 Å². The number of aliphatic hydroxyl groups is 4. The molecule has 1 aliphatic carbocycles. The van der Waals surface area contributed by atoms with Crippen molar-refractivity contribution >= 4 is 0 Å². The second-order valence-corrected chi connectivity index (χ2v) is 15.1. The Morgan fingerprint density at radius 3 is 0.661 bits per heavy atom. The molecule has 304 valence electrons. The summed E-state index contributed by atoms with van der Waals surface area (Å²) in [5.74, 6) is 3.10. The van der Waals surface area contributed by atoms with E-state index in [0.29, 0.717) is 52.1 Å². The molecule has 56 heavy (non-hydrogen) atoms. The fraction of sp³-hybridized carbons (Fsp3) is 0.500. The highest BCUT2D eigenvalue weighted by Crippen LogP contribution is 2.41. The Hall–Kier alpha value is -4.08. The molecule has 0 unspecified atom stereocenters. The van der Waals surface area contributed by atoms with Crippen molar-refractivity contribution in [3.63, 3.8) is 0 Å². The first-order valence-corrected chi connectivity index (χ1v) is 20.9. The second kappa shape index (κ2) is 22.0. The van der Waals surface area contributed by atoms with Crippen molar-refractivity contribution in [2.75, 3.05) is 26.4 Å². The molecule has 4 aromatic rings. The number of rotatable bonds is 20. The van der Waals surface area contributed by atoms with Gasteiger partial charge in [0.05, 0.1) is 52.9 Å². The van der Waals surface area contributed by atoms with E-state index in [4.69, 9.17) is 18.9 Å². The summed E-state index contributed by atoms with van der Waals surface area (Å²) in [7, 11) is 0. The van der Waals surface area contributed by atoms with E-state index in [1.165, 1.54) is 0 Å². The minimum atomic E-state index is -0.137. The van der Waals surface area contributed by atoms with E-state index in [0.717, 1.165) is 141 Å². The van der Waals surface area contributed by atoms with Crippen molar-refractivity contribution in [1.82, 2.24) is 0 Å². The van der Waals surface area contributed by atoms with Gasteiger partial charge in [-0.2, -0.15) is 0 Å². The van der Waals surface area contributed by atoms with Crippen LogP contribution in [-0.2, 0) is 52.1 Å². The van der Waals surface area contributed by atoms with Gasteiger partial charge in [0.1, 0.15) is 23.0 Å². The molecule has 0 spiro atoms. The van der Waals surface area contributed by atoms with Crippen LogP contribution in [0.3, 0.4) is 0 Å². The Bertz CT molecular complexity index is 1500. The second-order valence-electron chi connectivity index (χ2n) is 15.1. The topological polar surface area (TPSA) is 118 Å². The van der Waals surface area contributed by atoms with Crippen LogP contribution >= 0.6 is 0 Å². The van der Waals surface area contributed by atoms with Crippen molar-refractivity contribution in [1.29, 1.82) is 0 Å². The predicted octanol–water partition coefficient (Wildman–Crippen LogP) is 9.05. The van der Waals surface area contributed by atoms with Gasteiger partial charge in [0.25, 0.3) is 0 Å². The molecule has 8 bridgehead atoms. The van der Waals surface area contributed by atoms with E-state index in [9.17, 15) is 20.4 Å². The molecule has 0 saturated carbocycles. The molecule has 8 nitrogen and oxygen atoms in total. The summed E-state index contributed by atoms with van der Waals surface area (Å²) in [6.45, 7) is 10.2. The minimum Gasteiger partial charge on any atom is -0.493 e. The molecule has 0 aliphatic heterocycles. The fourth-order valence-electron chi connectivity index (χ4n) is 7.56. The predicted molar refractivity (Wildman–Crippen MR) is 222 cm³/mol. The summed E-state index contributed by atoms with van der Waals surface area (Å²) in [5, 5.41) is 42.5. The fourth-order valence-corrected chi connectivity index (χ4v) is 7.56. The molecular formula is C48H64O8. The highest BCUT2D eigenvalue weighted by Gasteiger charge is 2.24. The lowest BCUT2D eigenvalue weighted by Gasteiger charge is -2.24.